The van der Waals surface area contributed by atoms with Gasteiger partial charge in [0.15, 0.2) is 0 Å². The van der Waals surface area contributed by atoms with E-state index in [0.717, 1.165) is 24.2 Å². The SMILES string of the molecule is CC(C)Oc1ccc(C(CNC(=O)NCC2(N(C)C)Cc3ccccc3C2)N(C)C)cc1. The number of amides is 2. The van der Waals surface area contributed by atoms with Crippen LogP contribution >= 0.6 is 0 Å². The van der Waals surface area contributed by atoms with Gasteiger partial charge in [0.1, 0.15) is 5.75 Å². The number of rotatable bonds is 9. The molecule has 1 aliphatic carbocycles. The summed E-state index contributed by atoms with van der Waals surface area (Å²) in [5, 5.41) is 6.20. The van der Waals surface area contributed by atoms with Gasteiger partial charge in [0.25, 0.3) is 0 Å². The number of hydrogen-bond donors (Lipinski definition) is 2. The Morgan fingerprint density at radius 3 is 2.06 bits per heavy atom. The standard InChI is InChI=1S/C26H38N4O2/c1-19(2)32-23-13-11-20(12-14-23)24(29(3)4)17-27-25(31)28-18-26(30(5)6)15-21-9-7-8-10-22(21)16-26/h7-14,19,24H,15-18H2,1-6H3,(H2,27,28,31). The van der Waals surface area contributed by atoms with E-state index in [2.05, 4.69) is 70.9 Å². The highest BCUT2D eigenvalue weighted by Gasteiger charge is 2.39. The molecule has 2 aromatic carbocycles. The fourth-order valence-corrected chi connectivity index (χ4v) is 4.41. The molecule has 0 aliphatic heterocycles. The van der Waals surface area contributed by atoms with Crippen molar-refractivity contribution >= 4 is 6.03 Å². The summed E-state index contributed by atoms with van der Waals surface area (Å²) in [6, 6.07) is 16.6. The molecule has 1 atom stereocenters. The average molecular weight is 439 g/mol. The minimum Gasteiger partial charge on any atom is -0.491 e. The van der Waals surface area contributed by atoms with Gasteiger partial charge in [-0.3, -0.25) is 0 Å². The number of nitrogens with one attached hydrogen (secondary N) is 2. The van der Waals surface area contributed by atoms with E-state index in [0.29, 0.717) is 13.1 Å². The molecule has 6 nitrogen and oxygen atoms in total. The van der Waals surface area contributed by atoms with Gasteiger partial charge in [-0.1, -0.05) is 36.4 Å². The summed E-state index contributed by atoms with van der Waals surface area (Å²) in [4.78, 5) is 17.1. The van der Waals surface area contributed by atoms with Crippen LogP contribution in [0.1, 0.15) is 36.6 Å². The molecule has 6 heteroatoms. The van der Waals surface area contributed by atoms with Crippen LogP contribution in [-0.2, 0) is 12.8 Å². The minimum absolute atomic E-state index is 0.0763. The fourth-order valence-electron chi connectivity index (χ4n) is 4.41. The van der Waals surface area contributed by atoms with E-state index in [4.69, 9.17) is 4.74 Å². The van der Waals surface area contributed by atoms with Crippen LogP contribution in [0.15, 0.2) is 48.5 Å². The number of hydrogen-bond acceptors (Lipinski definition) is 4. The molecule has 0 aromatic heterocycles. The van der Waals surface area contributed by atoms with Gasteiger partial charge in [-0.2, -0.15) is 0 Å². The maximum atomic E-state index is 12.7. The lowest BCUT2D eigenvalue weighted by atomic mass is 9.94. The van der Waals surface area contributed by atoms with Crippen molar-refractivity contribution in [2.45, 2.75) is 44.4 Å². The second-order valence-electron chi connectivity index (χ2n) is 9.52. The van der Waals surface area contributed by atoms with Crippen LogP contribution in [0.5, 0.6) is 5.75 Å². The van der Waals surface area contributed by atoms with E-state index in [-0.39, 0.29) is 23.7 Å². The normalized spacial score (nSPS) is 15.7. The third-order valence-corrected chi connectivity index (χ3v) is 6.40. The number of likely N-dealkylation sites (N-methyl/N-ethyl adjacent to an activating group) is 2. The van der Waals surface area contributed by atoms with Gasteiger partial charge in [-0.15, -0.1) is 0 Å². The van der Waals surface area contributed by atoms with Crippen molar-refractivity contribution in [3.05, 3.63) is 65.2 Å². The number of nitrogens with zero attached hydrogens (tertiary/aromatic N) is 2. The van der Waals surface area contributed by atoms with Gasteiger partial charge >= 0.3 is 6.03 Å². The lowest BCUT2D eigenvalue weighted by molar-refractivity contribution is 0.157. The lowest BCUT2D eigenvalue weighted by Gasteiger charge is -2.36. The largest absolute Gasteiger partial charge is 0.491 e. The first-order valence-corrected chi connectivity index (χ1v) is 11.4. The summed E-state index contributed by atoms with van der Waals surface area (Å²) < 4.78 is 5.74. The van der Waals surface area contributed by atoms with Gasteiger partial charge in [-0.05, 0) is 83.7 Å². The fraction of sp³-hybridized carbons (Fsp3) is 0.500. The van der Waals surface area contributed by atoms with Crippen molar-refractivity contribution in [1.82, 2.24) is 20.4 Å². The van der Waals surface area contributed by atoms with Crippen LogP contribution < -0.4 is 15.4 Å². The van der Waals surface area contributed by atoms with Gasteiger partial charge in [0, 0.05) is 18.6 Å². The summed E-state index contributed by atoms with van der Waals surface area (Å²) >= 11 is 0. The molecule has 0 fully saturated rings. The van der Waals surface area contributed by atoms with Crippen LogP contribution in [0.4, 0.5) is 4.79 Å². The van der Waals surface area contributed by atoms with Gasteiger partial charge < -0.3 is 25.2 Å². The molecule has 2 amide bonds. The average Bonchev–Trinajstić information content (AvgIpc) is 3.13. The molecule has 174 valence electrons. The first-order valence-electron chi connectivity index (χ1n) is 11.4. The molecule has 2 aromatic rings. The predicted molar refractivity (Wildman–Crippen MR) is 130 cm³/mol. The topological polar surface area (TPSA) is 56.8 Å². The van der Waals surface area contributed by atoms with Crippen LogP contribution in [0.3, 0.4) is 0 Å². The summed E-state index contributed by atoms with van der Waals surface area (Å²) in [5.74, 6) is 0.860. The van der Waals surface area contributed by atoms with E-state index in [9.17, 15) is 4.79 Å². The first-order chi connectivity index (χ1) is 15.2. The zero-order valence-electron chi connectivity index (χ0n) is 20.3. The number of benzene rings is 2. The van der Waals surface area contributed by atoms with Gasteiger partial charge in [0.05, 0.1) is 12.1 Å². The third-order valence-electron chi connectivity index (χ3n) is 6.40. The highest BCUT2D eigenvalue weighted by atomic mass is 16.5. The Morgan fingerprint density at radius 1 is 0.969 bits per heavy atom. The number of ether oxygens (including phenoxy) is 1. The van der Waals surface area contributed by atoms with Gasteiger partial charge in [-0.25, -0.2) is 4.79 Å². The van der Waals surface area contributed by atoms with Crippen molar-refractivity contribution in [3.63, 3.8) is 0 Å². The Balaban J connectivity index is 1.56. The van der Waals surface area contributed by atoms with E-state index in [1.165, 1.54) is 11.1 Å². The third kappa shape index (κ3) is 5.81. The van der Waals surface area contributed by atoms with Crippen LogP contribution in [0, 0.1) is 0 Å². The van der Waals surface area contributed by atoms with E-state index in [1.807, 2.05) is 40.1 Å². The van der Waals surface area contributed by atoms with Crippen LogP contribution in [-0.4, -0.2) is 68.8 Å². The van der Waals surface area contributed by atoms with Crippen LogP contribution in [0.25, 0.3) is 0 Å². The predicted octanol–water partition coefficient (Wildman–Crippen LogP) is 3.47. The van der Waals surface area contributed by atoms with Crippen LogP contribution in [0.2, 0.25) is 0 Å². The summed E-state index contributed by atoms with van der Waals surface area (Å²) in [7, 11) is 8.25. The van der Waals surface area contributed by atoms with E-state index >= 15 is 0 Å². The van der Waals surface area contributed by atoms with Crippen molar-refractivity contribution in [2.24, 2.45) is 0 Å². The van der Waals surface area contributed by atoms with E-state index < -0.39 is 0 Å². The maximum Gasteiger partial charge on any atom is 0.314 e. The van der Waals surface area contributed by atoms with Crippen molar-refractivity contribution in [3.8, 4) is 5.75 Å². The van der Waals surface area contributed by atoms with E-state index in [1.54, 1.807) is 0 Å². The minimum atomic E-state index is -0.131. The molecule has 0 bridgehead atoms. The maximum absolute atomic E-state index is 12.7. The Labute approximate surface area is 192 Å². The highest BCUT2D eigenvalue weighted by Crippen LogP contribution is 2.33. The molecule has 0 saturated heterocycles. The Kier molecular flexibility index (Phi) is 7.80. The van der Waals surface area contributed by atoms with Gasteiger partial charge in [0.2, 0.25) is 0 Å². The molecule has 1 unspecified atom stereocenters. The Bertz CT molecular complexity index is 868. The second kappa shape index (κ2) is 10.4. The second-order valence-corrected chi connectivity index (χ2v) is 9.52. The summed E-state index contributed by atoms with van der Waals surface area (Å²) in [6.45, 7) is 5.17. The molecule has 3 rings (SSSR count). The molecular weight excluding hydrogens is 400 g/mol. The molecule has 0 heterocycles. The number of urea groups is 1. The molecule has 32 heavy (non-hydrogen) atoms. The van der Waals surface area contributed by atoms with Crippen molar-refractivity contribution in [2.75, 3.05) is 41.3 Å². The van der Waals surface area contributed by atoms with Crippen molar-refractivity contribution < 1.29 is 9.53 Å². The number of carbonyl (C=O) groups excluding carboxylic acids is 1. The van der Waals surface area contributed by atoms with Crippen molar-refractivity contribution in [1.29, 1.82) is 0 Å². The molecule has 2 N–H and O–H groups in total. The monoisotopic (exact) mass is 438 g/mol. The Morgan fingerprint density at radius 2 is 1.56 bits per heavy atom. The smallest absolute Gasteiger partial charge is 0.314 e. The zero-order chi connectivity index (χ0) is 23.3. The number of fused-ring (bicyclic) bond motifs is 1. The molecule has 0 spiro atoms. The summed E-state index contributed by atoms with van der Waals surface area (Å²) in [5.41, 5.74) is 3.80. The zero-order valence-corrected chi connectivity index (χ0v) is 20.3. The Hall–Kier alpha value is -2.57. The molecule has 0 radical (unpaired) electrons. The molecule has 0 saturated carbocycles. The molecular formula is C26H38N4O2. The molecule has 1 aliphatic rings. The first kappa shape index (κ1) is 24.1. The lowest BCUT2D eigenvalue weighted by Crippen LogP contribution is -2.55. The highest BCUT2D eigenvalue weighted by molar-refractivity contribution is 5.74. The summed E-state index contributed by atoms with van der Waals surface area (Å²) in [6.07, 6.45) is 2.04. The quantitative estimate of drug-likeness (QED) is 0.629. The number of carbonyl (C=O) groups is 1.